The molecule has 3 heterocycles. The van der Waals surface area contributed by atoms with Crippen molar-refractivity contribution in [3.05, 3.63) is 62.7 Å². The topological polar surface area (TPSA) is 47.3 Å². The Morgan fingerprint density at radius 3 is 3.05 bits per heavy atom. The van der Waals surface area contributed by atoms with E-state index in [1.807, 2.05) is 18.2 Å². The van der Waals surface area contributed by atoms with E-state index in [-0.39, 0.29) is 10.6 Å². The molecule has 0 spiro atoms. The Hall–Kier alpha value is -1.98. The van der Waals surface area contributed by atoms with Gasteiger partial charge >= 0.3 is 0 Å². The number of hydrogen-bond donors (Lipinski definition) is 0. The highest BCUT2D eigenvalue weighted by atomic mass is 35.5. The van der Waals surface area contributed by atoms with E-state index in [4.69, 9.17) is 11.6 Å². The summed E-state index contributed by atoms with van der Waals surface area (Å²) < 4.78 is 1.44. The first kappa shape index (κ1) is 12.1. The Bertz CT molecular complexity index is 808. The summed E-state index contributed by atoms with van der Waals surface area (Å²) in [7, 11) is 0. The van der Waals surface area contributed by atoms with Crippen LogP contribution < -0.4 is 5.56 Å². The summed E-state index contributed by atoms with van der Waals surface area (Å²) in [6, 6.07) is 3.75. The molecule has 0 saturated heterocycles. The molecule has 0 saturated carbocycles. The van der Waals surface area contributed by atoms with Crippen LogP contribution in [-0.4, -0.2) is 14.4 Å². The third-order valence-electron chi connectivity index (χ3n) is 2.56. The number of pyridine rings is 1. The molecule has 0 amide bonds. The largest absolute Gasteiger partial charge is 0.277 e. The van der Waals surface area contributed by atoms with Crippen LogP contribution in [-0.2, 0) is 0 Å². The summed E-state index contributed by atoms with van der Waals surface area (Å²) in [6.07, 6.45) is 8.63. The van der Waals surface area contributed by atoms with Gasteiger partial charge in [-0.15, -0.1) is 11.3 Å². The molecule has 3 rings (SSSR count). The van der Waals surface area contributed by atoms with Crippen LogP contribution in [0.3, 0.4) is 0 Å². The van der Waals surface area contributed by atoms with E-state index in [0.717, 1.165) is 5.56 Å². The highest BCUT2D eigenvalue weighted by molar-refractivity contribution is 7.15. The van der Waals surface area contributed by atoms with Gasteiger partial charge in [0.15, 0.2) is 4.96 Å². The van der Waals surface area contributed by atoms with Crippen LogP contribution in [0.5, 0.6) is 0 Å². The maximum Gasteiger partial charge on any atom is 0.277 e. The summed E-state index contributed by atoms with van der Waals surface area (Å²) in [4.78, 5) is 21.0. The SMILES string of the molecule is O=c1c(Cl)c(C=Cc2cccnc2)nc2sccn12. The quantitative estimate of drug-likeness (QED) is 0.729. The molecule has 0 aliphatic heterocycles. The van der Waals surface area contributed by atoms with Crippen molar-refractivity contribution in [1.82, 2.24) is 14.4 Å². The zero-order chi connectivity index (χ0) is 13.2. The van der Waals surface area contributed by atoms with Crippen LogP contribution >= 0.6 is 22.9 Å². The standard InChI is InChI=1S/C13H8ClN3OS/c14-11-10(4-3-9-2-1-5-15-8-9)16-13-17(12(11)18)6-7-19-13/h1-8H. The number of thiazole rings is 1. The normalized spacial score (nSPS) is 11.4. The highest BCUT2D eigenvalue weighted by Crippen LogP contribution is 2.16. The van der Waals surface area contributed by atoms with Gasteiger partial charge in [-0.05, 0) is 17.7 Å². The maximum absolute atomic E-state index is 12.0. The van der Waals surface area contributed by atoms with E-state index in [0.29, 0.717) is 10.7 Å². The first-order chi connectivity index (χ1) is 9.25. The number of fused-ring (bicyclic) bond motifs is 1. The van der Waals surface area contributed by atoms with Crippen LogP contribution in [0.1, 0.15) is 11.3 Å². The van der Waals surface area contributed by atoms with Crippen molar-refractivity contribution in [2.24, 2.45) is 0 Å². The van der Waals surface area contributed by atoms with E-state index in [9.17, 15) is 4.79 Å². The van der Waals surface area contributed by atoms with Crippen molar-refractivity contribution in [1.29, 1.82) is 0 Å². The predicted octanol–water partition coefficient (Wildman–Crippen LogP) is 2.97. The van der Waals surface area contributed by atoms with Gasteiger partial charge in [-0.2, -0.15) is 0 Å². The Balaban J connectivity index is 2.08. The molecule has 0 aliphatic rings. The van der Waals surface area contributed by atoms with Crippen molar-refractivity contribution in [2.75, 3.05) is 0 Å². The lowest BCUT2D eigenvalue weighted by Gasteiger charge is -1.98. The molecule has 0 unspecified atom stereocenters. The fourth-order valence-electron chi connectivity index (χ4n) is 1.64. The molecular weight excluding hydrogens is 282 g/mol. The lowest BCUT2D eigenvalue weighted by Crippen LogP contribution is -2.14. The molecule has 3 aromatic heterocycles. The van der Waals surface area contributed by atoms with Crippen LogP contribution in [0, 0.1) is 0 Å². The Morgan fingerprint density at radius 2 is 2.26 bits per heavy atom. The van der Waals surface area contributed by atoms with E-state index in [1.165, 1.54) is 15.7 Å². The van der Waals surface area contributed by atoms with Gasteiger partial charge in [0.05, 0.1) is 5.69 Å². The second-order valence-corrected chi connectivity index (χ2v) is 5.04. The molecule has 0 fully saturated rings. The molecule has 0 aliphatic carbocycles. The fraction of sp³-hybridized carbons (Fsp3) is 0. The molecule has 0 aromatic carbocycles. The summed E-state index contributed by atoms with van der Waals surface area (Å²) in [5.41, 5.74) is 1.14. The van der Waals surface area contributed by atoms with Gasteiger partial charge < -0.3 is 0 Å². The second-order valence-electron chi connectivity index (χ2n) is 3.79. The van der Waals surface area contributed by atoms with Gasteiger partial charge in [0.2, 0.25) is 0 Å². The molecule has 0 bridgehead atoms. The lowest BCUT2D eigenvalue weighted by molar-refractivity contribution is 1.07. The van der Waals surface area contributed by atoms with E-state index in [1.54, 1.807) is 30.0 Å². The fourth-order valence-corrected chi connectivity index (χ4v) is 2.54. The summed E-state index contributed by atoms with van der Waals surface area (Å²) in [5, 5.41) is 1.92. The van der Waals surface area contributed by atoms with Gasteiger partial charge in [-0.1, -0.05) is 23.7 Å². The van der Waals surface area contributed by atoms with E-state index < -0.39 is 0 Å². The average molecular weight is 290 g/mol. The van der Waals surface area contributed by atoms with Crippen molar-refractivity contribution in [3.8, 4) is 0 Å². The summed E-state index contributed by atoms with van der Waals surface area (Å²) in [6.45, 7) is 0. The van der Waals surface area contributed by atoms with E-state index >= 15 is 0 Å². The predicted molar refractivity (Wildman–Crippen MR) is 77.5 cm³/mol. The zero-order valence-corrected chi connectivity index (χ0v) is 11.2. The maximum atomic E-state index is 12.0. The minimum Gasteiger partial charge on any atom is -0.267 e. The third-order valence-corrected chi connectivity index (χ3v) is 3.67. The Morgan fingerprint density at radius 1 is 1.37 bits per heavy atom. The number of aromatic nitrogens is 3. The highest BCUT2D eigenvalue weighted by Gasteiger charge is 2.08. The number of rotatable bonds is 2. The molecule has 0 N–H and O–H groups in total. The summed E-state index contributed by atoms with van der Waals surface area (Å²) in [5.74, 6) is 0. The number of nitrogens with zero attached hydrogens (tertiary/aromatic N) is 3. The van der Waals surface area contributed by atoms with Crippen molar-refractivity contribution in [3.63, 3.8) is 0 Å². The van der Waals surface area contributed by atoms with Crippen LogP contribution in [0.25, 0.3) is 17.1 Å². The Kier molecular flexibility index (Phi) is 3.15. The minimum absolute atomic E-state index is 0.121. The van der Waals surface area contributed by atoms with Crippen molar-refractivity contribution >= 4 is 40.1 Å². The molecule has 94 valence electrons. The van der Waals surface area contributed by atoms with E-state index in [2.05, 4.69) is 9.97 Å². The van der Waals surface area contributed by atoms with Gasteiger partial charge in [-0.25, -0.2) is 4.98 Å². The average Bonchev–Trinajstić information content (AvgIpc) is 2.91. The van der Waals surface area contributed by atoms with Crippen LogP contribution in [0.4, 0.5) is 0 Å². The summed E-state index contributed by atoms with van der Waals surface area (Å²) >= 11 is 7.43. The molecular formula is C13H8ClN3OS. The smallest absolute Gasteiger partial charge is 0.267 e. The zero-order valence-electron chi connectivity index (χ0n) is 9.65. The van der Waals surface area contributed by atoms with Gasteiger partial charge in [-0.3, -0.25) is 14.2 Å². The Labute approximate surface area is 117 Å². The van der Waals surface area contributed by atoms with Gasteiger partial charge in [0.25, 0.3) is 5.56 Å². The number of hydrogen-bond acceptors (Lipinski definition) is 4. The van der Waals surface area contributed by atoms with Crippen LogP contribution in [0.2, 0.25) is 5.02 Å². The number of halogens is 1. The molecule has 4 nitrogen and oxygen atoms in total. The first-order valence-corrected chi connectivity index (χ1v) is 6.75. The minimum atomic E-state index is -0.251. The molecule has 0 atom stereocenters. The molecule has 3 aromatic rings. The monoisotopic (exact) mass is 289 g/mol. The third kappa shape index (κ3) is 2.30. The van der Waals surface area contributed by atoms with Gasteiger partial charge in [0.1, 0.15) is 5.02 Å². The van der Waals surface area contributed by atoms with Crippen molar-refractivity contribution in [2.45, 2.75) is 0 Å². The first-order valence-electron chi connectivity index (χ1n) is 5.49. The molecule has 6 heteroatoms. The molecule has 0 radical (unpaired) electrons. The molecule has 19 heavy (non-hydrogen) atoms. The van der Waals surface area contributed by atoms with Gasteiger partial charge in [0, 0.05) is 24.0 Å². The van der Waals surface area contributed by atoms with Crippen LogP contribution in [0.15, 0.2) is 40.9 Å². The van der Waals surface area contributed by atoms with Crippen molar-refractivity contribution < 1.29 is 0 Å². The second kappa shape index (κ2) is 4.95. The lowest BCUT2D eigenvalue weighted by atomic mass is 10.2.